The van der Waals surface area contributed by atoms with Crippen LogP contribution in [-0.4, -0.2) is 40.0 Å². The van der Waals surface area contributed by atoms with Crippen LogP contribution in [-0.2, 0) is 0 Å². The number of benzene rings is 1. The van der Waals surface area contributed by atoms with Crippen LogP contribution in [0.25, 0.3) is 10.2 Å². The van der Waals surface area contributed by atoms with Crippen molar-refractivity contribution in [3.05, 3.63) is 71.1 Å². The molecule has 0 atom stereocenters. The van der Waals surface area contributed by atoms with Gasteiger partial charge in [0.05, 0.1) is 28.7 Å². The van der Waals surface area contributed by atoms with Crippen molar-refractivity contribution < 1.29 is 14.3 Å². The van der Waals surface area contributed by atoms with Crippen LogP contribution in [0.1, 0.15) is 21.8 Å². The lowest BCUT2D eigenvalue weighted by atomic mass is 10.1. The number of hydrogen-bond donors (Lipinski definition) is 3. The molecule has 3 amide bonds. The predicted octanol–water partition coefficient (Wildman–Crippen LogP) is 4.48. The van der Waals surface area contributed by atoms with Crippen LogP contribution in [0.5, 0.6) is 11.6 Å². The van der Waals surface area contributed by atoms with Crippen molar-refractivity contribution >= 4 is 50.7 Å². The molecular formula is C25H21N7O3S. The topological polar surface area (TPSA) is 121 Å². The van der Waals surface area contributed by atoms with Gasteiger partial charge in [-0.15, -0.1) is 11.3 Å². The van der Waals surface area contributed by atoms with Gasteiger partial charge in [-0.3, -0.25) is 4.79 Å². The minimum atomic E-state index is -0.435. The van der Waals surface area contributed by atoms with Crippen molar-refractivity contribution in [2.24, 2.45) is 0 Å². The lowest BCUT2D eigenvalue weighted by Gasteiger charge is -2.28. The molecule has 4 aromatic rings. The zero-order chi connectivity index (χ0) is 24.6. The molecule has 10 nitrogen and oxygen atoms in total. The number of ether oxygens (including phenoxy) is 1. The van der Waals surface area contributed by atoms with Crippen LogP contribution in [0.15, 0.2) is 60.6 Å². The third kappa shape index (κ3) is 3.93. The first-order valence-corrected chi connectivity index (χ1v) is 12.2. The quantitative estimate of drug-likeness (QED) is 0.370. The van der Waals surface area contributed by atoms with Crippen molar-refractivity contribution in [2.75, 3.05) is 23.3 Å². The number of anilines is 3. The fraction of sp³-hybridized carbons (Fsp3) is 0.160. The highest BCUT2D eigenvalue weighted by atomic mass is 32.1. The van der Waals surface area contributed by atoms with E-state index in [1.807, 2.05) is 36.4 Å². The molecule has 0 spiro atoms. The Morgan fingerprint density at radius 3 is 2.83 bits per heavy atom. The summed E-state index contributed by atoms with van der Waals surface area (Å²) in [6.07, 6.45) is 5.95. The maximum absolute atomic E-state index is 13.3. The summed E-state index contributed by atoms with van der Waals surface area (Å²) in [5, 5.41) is 9.75. The average molecular weight is 500 g/mol. The van der Waals surface area contributed by atoms with Crippen LogP contribution in [0.3, 0.4) is 0 Å². The molecule has 6 rings (SSSR count). The van der Waals surface area contributed by atoms with E-state index in [2.05, 4.69) is 30.9 Å². The molecule has 1 aromatic carbocycles. The normalized spacial score (nSPS) is 14.9. The summed E-state index contributed by atoms with van der Waals surface area (Å²) >= 11 is 1.24. The Balaban J connectivity index is 1.36. The number of aromatic nitrogens is 3. The number of nitrogens with zero attached hydrogens (tertiary/aromatic N) is 4. The van der Waals surface area contributed by atoms with E-state index >= 15 is 0 Å². The van der Waals surface area contributed by atoms with E-state index in [0.29, 0.717) is 56.2 Å². The summed E-state index contributed by atoms with van der Waals surface area (Å²) in [7, 11) is 0. The fourth-order valence-corrected chi connectivity index (χ4v) is 5.24. The van der Waals surface area contributed by atoms with E-state index in [4.69, 9.17) is 4.74 Å². The van der Waals surface area contributed by atoms with E-state index in [1.54, 1.807) is 19.2 Å². The first-order chi connectivity index (χ1) is 17.6. The predicted molar refractivity (Wildman–Crippen MR) is 137 cm³/mol. The molecule has 0 aliphatic carbocycles. The average Bonchev–Trinajstić information content (AvgIpc) is 3.26. The van der Waals surface area contributed by atoms with E-state index in [-0.39, 0.29) is 5.91 Å². The van der Waals surface area contributed by atoms with E-state index in [1.165, 1.54) is 22.4 Å². The minimum absolute atomic E-state index is 0.277. The van der Waals surface area contributed by atoms with Crippen LogP contribution >= 0.6 is 11.3 Å². The van der Waals surface area contributed by atoms with Gasteiger partial charge >= 0.3 is 6.03 Å². The number of urea groups is 1. The highest BCUT2D eigenvalue weighted by Gasteiger charge is 2.34. The highest BCUT2D eigenvalue weighted by Crippen LogP contribution is 2.45. The van der Waals surface area contributed by atoms with Crippen molar-refractivity contribution in [2.45, 2.75) is 13.3 Å². The summed E-state index contributed by atoms with van der Waals surface area (Å²) < 4.78 is 5.78. The summed E-state index contributed by atoms with van der Waals surface area (Å²) in [6.45, 7) is 3.24. The Hall–Kier alpha value is -4.35. The minimum Gasteiger partial charge on any atom is -0.437 e. The number of thiophene rings is 1. The Kier molecular flexibility index (Phi) is 5.55. The van der Waals surface area contributed by atoms with Crippen LogP contribution in [0, 0.1) is 6.92 Å². The molecule has 180 valence electrons. The number of nitrogens with one attached hydrogen (secondary N) is 3. The molecule has 3 N–H and O–H groups in total. The standard InChI is InChI=1S/C25H21N7O3S/c1-14-22(28-13-18(29-14)35-16-7-3-2-4-8-16)32-17-9-11-27-24-19(17)20(31-25(32)34)21(36-24)23(33)30-15-6-5-10-26-12-15/h2-4,6-9,11,13,26H,5,10,12H2,1H3,(H,30,33)(H,31,34). The molecule has 0 saturated heterocycles. The van der Waals surface area contributed by atoms with Gasteiger partial charge in [0.2, 0.25) is 5.88 Å². The molecule has 0 bridgehead atoms. The first-order valence-electron chi connectivity index (χ1n) is 11.4. The van der Waals surface area contributed by atoms with Crippen molar-refractivity contribution in [3.8, 4) is 11.6 Å². The van der Waals surface area contributed by atoms with Crippen molar-refractivity contribution in [3.63, 3.8) is 0 Å². The summed E-state index contributed by atoms with van der Waals surface area (Å²) in [5.41, 5.74) is 2.37. The maximum Gasteiger partial charge on any atom is 0.332 e. The Labute approximate surface area is 210 Å². The van der Waals surface area contributed by atoms with Gasteiger partial charge in [-0.25, -0.2) is 24.6 Å². The summed E-state index contributed by atoms with van der Waals surface area (Å²) in [4.78, 5) is 42.4. The number of rotatable bonds is 5. The Morgan fingerprint density at radius 2 is 2.06 bits per heavy atom. The van der Waals surface area contributed by atoms with Gasteiger partial charge in [-0.2, -0.15) is 0 Å². The number of pyridine rings is 1. The largest absolute Gasteiger partial charge is 0.437 e. The first kappa shape index (κ1) is 22.1. The van der Waals surface area contributed by atoms with Crippen molar-refractivity contribution in [1.29, 1.82) is 0 Å². The van der Waals surface area contributed by atoms with Crippen LogP contribution in [0.4, 0.5) is 22.0 Å². The maximum atomic E-state index is 13.3. The highest BCUT2D eigenvalue weighted by molar-refractivity contribution is 7.21. The molecule has 5 heterocycles. The SMILES string of the molecule is Cc1nc(Oc2ccccc2)cnc1N1C(=O)Nc2c(C(=O)NC3=CCCNC3)sc3nccc1c23. The van der Waals surface area contributed by atoms with Crippen molar-refractivity contribution in [1.82, 2.24) is 25.6 Å². The molecule has 2 aliphatic rings. The van der Waals surface area contributed by atoms with Gasteiger partial charge in [0.1, 0.15) is 15.5 Å². The molecule has 0 unspecified atom stereocenters. The number of carbonyl (C=O) groups excluding carboxylic acids is 2. The molecule has 36 heavy (non-hydrogen) atoms. The second kappa shape index (κ2) is 9.02. The van der Waals surface area contributed by atoms with E-state index < -0.39 is 6.03 Å². The number of amides is 3. The lowest BCUT2D eigenvalue weighted by molar-refractivity contribution is 0.0969. The van der Waals surface area contributed by atoms with Crippen LogP contribution < -0.4 is 25.6 Å². The second-order valence-electron chi connectivity index (χ2n) is 8.26. The number of aryl methyl sites for hydroxylation is 1. The van der Waals surface area contributed by atoms with Crippen LogP contribution in [0.2, 0.25) is 0 Å². The Morgan fingerprint density at radius 1 is 1.19 bits per heavy atom. The number of carbonyl (C=O) groups is 2. The zero-order valence-corrected chi connectivity index (χ0v) is 20.1. The fourth-order valence-electron chi connectivity index (χ4n) is 4.23. The molecule has 11 heteroatoms. The van der Waals surface area contributed by atoms with Gasteiger partial charge in [0, 0.05) is 18.4 Å². The molecule has 0 radical (unpaired) electrons. The zero-order valence-electron chi connectivity index (χ0n) is 19.2. The molecule has 0 fully saturated rings. The summed E-state index contributed by atoms with van der Waals surface area (Å²) in [6, 6.07) is 10.6. The smallest absolute Gasteiger partial charge is 0.332 e. The van der Waals surface area contributed by atoms with Gasteiger partial charge in [-0.1, -0.05) is 24.3 Å². The van der Waals surface area contributed by atoms with Gasteiger partial charge in [-0.05, 0) is 38.1 Å². The molecule has 3 aromatic heterocycles. The third-order valence-electron chi connectivity index (χ3n) is 5.83. The molecule has 2 aliphatic heterocycles. The van der Waals surface area contributed by atoms with Gasteiger partial charge in [0.15, 0.2) is 5.82 Å². The molecular weight excluding hydrogens is 478 g/mol. The second-order valence-corrected chi connectivity index (χ2v) is 9.26. The number of para-hydroxylation sites is 1. The number of hydrogen-bond acceptors (Lipinski definition) is 8. The van der Waals surface area contributed by atoms with Gasteiger partial charge in [0.25, 0.3) is 5.91 Å². The van der Waals surface area contributed by atoms with E-state index in [9.17, 15) is 9.59 Å². The lowest BCUT2D eigenvalue weighted by Crippen LogP contribution is -2.36. The van der Waals surface area contributed by atoms with E-state index in [0.717, 1.165) is 18.7 Å². The molecule has 0 saturated carbocycles. The summed E-state index contributed by atoms with van der Waals surface area (Å²) in [5.74, 6) is 1.04. The monoisotopic (exact) mass is 499 g/mol. The van der Waals surface area contributed by atoms with Gasteiger partial charge < -0.3 is 20.7 Å². The third-order valence-corrected chi connectivity index (χ3v) is 6.93. The Bertz CT molecular complexity index is 1530.